The van der Waals surface area contributed by atoms with Gasteiger partial charge in [-0.3, -0.25) is 0 Å². The van der Waals surface area contributed by atoms with Crippen molar-refractivity contribution >= 4 is 22.4 Å². The van der Waals surface area contributed by atoms with Gasteiger partial charge < -0.3 is 9.72 Å². The number of fused-ring (bicyclic) bond motifs is 1. The van der Waals surface area contributed by atoms with E-state index in [1.165, 1.54) is 13.2 Å². The van der Waals surface area contributed by atoms with Gasteiger partial charge in [-0.25, -0.2) is 4.79 Å². The topological polar surface area (TPSA) is 42.1 Å². The molecule has 2 rings (SSSR count). The van der Waals surface area contributed by atoms with Crippen LogP contribution in [0, 0.1) is 6.92 Å². The van der Waals surface area contributed by atoms with Crippen molar-refractivity contribution in [1.29, 1.82) is 0 Å². The molecule has 0 bridgehead atoms. The molecule has 0 radical (unpaired) electrons. The minimum atomic E-state index is -0.327. The highest BCUT2D eigenvalue weighted by Crippen LogP contribution is 2.28. The van der Waals surface area contributed by atoms with Gasteiger partial charge >= 0.3 is 5.97 Å². The molecule has 0 aliphatic carbocycles. The van der Waals surface area contributed by atoms with Crippen LogP contribution in [-0.4, -0.2) is 18.1 Å². The number of aromatic amines is 1. The molecular formula is C14H15NO2. The Bertz CT molecular complexity index is 593. The number of aryl methyl sites for hydroxylation is 1. The van der Waals surface area contributed by atoms with E-state index in [1.54, 1.807) is 0 Å². The number of aromatic nitrogens is 1. The molecule has 0 aliphatic heterocycles. The van der Waals surface area contributed by atoms with Gasteiger partial charge in [-0.1, -0.05) is 18.2 Å². The molecule has 1 aromatic carbocycles. The quantitative estimate of drug-likeness (QED) is 0.635. The molecule has 0 unspecified atom stereocenters. The number of hydrogen-bond donors (Lipinski definition) is 1. The Morgan fingerprint density at radius 2 is 2.06 bits per heavy atom. The van der Waals surface area contributed by atoms with Crippen molar-refractivity contribution in [1.82, 2.24) is 4.98 Å². The average Bonchev–Trinajstić information content (AvgIpc) is 2.64. The Hall–Kier alpha value is -2.03. The number of carbonyl (C=O) groups excluding carboxylic acids is 1. The fourth-order valence-corrected chi connectivity index (χ4v) is 2.09. The summed E-state index contributed by atoms with van der Waals surface area (Å²) in [4.78, 5) is 14.6. The van der Waals surface area contributed by atoms with Crippen LogP contribution in [0.2, 0.25) is 0 Å². The number of ether oxygens (including phenoxy) is 1. The molecular weight excluding hydrogens is 214 g/mol. The number of benzene rings is 1. The van der Waals surface area contributed by atoms with E-state index in [4.69, 9.17) is 0 Å². The van der Waals surface area contributed by atoms with Gasteiger partial charge in [-0.2, -0.15) is 0 Å². The van der Waals surface area contributed by atoms with Crippen LogP contribution < -0.4 is 0 Å². The molecule has 0 aliphatic rings. The predicted molar refractivity (Wildman–Crippen MR) is 68.7 cm³/mol. The number of esters is 1. The lowest BCUT2D eigenvalue weighted by Gasteiger charge is -2.01. The highest BCUT2D eigenvalue weighted by Gasteiger charge is 2.10. The minimum absolute atomic E-state index is 0.327. The Morgan fingerprint density at radius 3 is 2.76 bits per heavy atom. The van der Waals surface area contributed by atoms with E-state index >= 15 is 0 Å². The van der Waals surface area contributed by atoms with Crippen molar-refractivity contribution < 1.29 is 9.53 Å². The molecule has 0 saturated heterocycles. The standard InChI is InChI=1S/C14H15NO2/c1-9(8-13(16)17-3)14-10(2)15-12-7-5-4-6-11(12)14/h4-8,15H,1-3H3/b9-8+. The van der Waals surface area contributed by atoms with E-state index in [9.17, 15) is 4.79 Å². The van der Waals surface area contributed by atoms with Crippen molar-refractivity contribution in [2.75, 3.05) is 7.11 Å². The second-order valence-corrected chi connectivity index (χ2v) is 4.02. The van der Waals surface area contributed by atoms with Crippen molar-refractivity contribution in [2.45, 2.75) is 13.8 Å². The largest absolute Gasteiger partial charge is 0.466 e. The van der Waals surface area contributed by atoms with Crippen LogP contribution in [0.4, 0.5) is 0 Å². The summed E-state index contributed by atoms with van der Waals surface area (Å²) in [5, 5.41) is 1.13. The van der Waals surface area contributed by atoms with Gasteiger partial charge in [-0.05, 0) is 25.5 Å². The molecule has 0 amide bonds. The number of methoxy groups -OCH3 is 1. The highest BCUT2D eigenvalue weighted by atomic mass is 16.5. The smallest absolute Gasteiger partial charge is 0.330 e. The normalized spacial score (nSPS) is 11.8. The molecule has 0 saturated carbocycles. The number of nitrogens with one attached hydrogen (secondary N) is 1. The molecule has 3 heteroatoms. The van der Waals surface area contributed by atoms with Crippen LogP contribution >= 0.6 is 0 Å². The summed E-state index contributed by atoms with van der Waals surface area (Å²) in [5.74, 6) is -0.327. The maximum Gasteiger partial charge on any atom is 0.330 e. The van der Waals surface area contributed by atoms with E-state index in [0.717, 1.165) is 27.7 Å². The van der Waals surface area contributed by atoms with Crippen molar-refractivity contribution in [3.63, 3.8) is 0 Å². The van der Waals surface area contributed by atoms with E-state index in [2.05, 4.69) is 9.72 Å². The molecule has 2 aromatic rings. The first-order chi connectivity index (χ1) is 8.13. The van der Waals surface area contributed by atoms with Crippen LogP contribution in [0.15, 0.2) is 30.3 Å². The first kappa shape index (κ1) is 11.5. The molecule has 3 nitrogen and oxygen atoms in total. The second-order valence-electron chi connectivity index (χ2n) is 4.02. The molecule has 88 valence electrons. The van der Waals surface area contributed by atoms with E-state index in [-0.39, 0.29) is 5.97 Å². The van der Waals surface area contributed by atoms with Gasteiger partial charge in [0.2, 0.25) is 0 Å². The van der Waals surface area contributed by atoms with Crippen LogP contribution in [-0.2, 0) is 9.53 Å². The maximum atomic E-state index is 11.3. The molecule has 0 atom stereocenters. The zero-order chi connectivity index (χ0) is 12.4. The van der Waals surface area contributed by atoms with Gasteiger partial charge in [0.15, 0.2) is 0 Å². The molecule has 17 heavy (non-hydrogen) atoms. The van der Waals surface area contributed by atoms with E-state index in [0.29, 0.717) is 0 Å². The number of H-pyrrole nitrogens is 1. The van der Waals surface area contributed by atoms with Crippen LogP contribution in [0.1, 0.15) is 18.2 Å². The first-order valence-electron chi connectivity index (χ1n) is 5.47. The summed E-state index contributed by atoms with van der Waals surface area (Å²) in [5.41, 5.74) is 4.12. The summed E-state index contributed by atoms with van der Waals surface area (Å²) in [6.07, 6.45) is 1.52. The Labute approximate surface area is 100 Å². The first-order valence-corrected chi connectivity index (χ1v) is 5.47. The van der Waals surface area contributed by atoms with Crippen molar-refractivity contribution in [3.05, 3.63) is 41.6 Å². The van der Waals surface area contributed by atoms with Gasteiger partial charge in [0.1, 0.15) is 0 Å². The van der Waals surface area contributed by atoms with Gasteiger partial charge in [0.25, 0.3) is 0 Å². The summed E-state index contributed by atoms with van der Waals surface area (Å²) >= 11 is 0. The second kappa shape index (κ2) is 4.45. The summed E-state index contributed by atoms with van der Waals surface area (Å²) in [7, 11) is 1.38. The minimum Gasteiger partial charge on any atom is -0.466 e. The highest BCUT2D eigenvalue weighted by molar-refractivity contribution is 5.99. The fraction of sp³-hybridized carbons (Fsp3) is 0.214. The number of carbonyl (C=O) groups is 1. The van der Waals surface area contributed by atoms with Crippen molar-refractivity contribution in [2.24, 2.45) is 0 Å². The number of hydrogen-bond acceptors (Lipinski definition) is 2. The molecule has 0 spiro atoms. The Morgan fingerprint density at radius 1 is 1.35 bits per heavy atom. The third-order valence-electron chi connectivity index (χ3n) is 2.82. The van der Waals surface area contributed by atoms with Gasteiger partial charge in [0.05, 0.1) is 7.11 Å². The predicted octanol–water partition coefficient (Wildman–Crippen LogP) is 3.05. The number of allylic oxidation sites excluding steroid dienone is 1. The third kappa shape index (κ3) is 2.09. The summed E-state index contributed by atoms with van der Waals surface area (Å²) in [6, 6.07) is 8.05. The molecule has 1 aromatic heterocycles. The molecule has 1 N–H and O–H groups in total. The van der Waals surface area contributed by atoms with Crippen LogP contribution in [0.3, 0.4) is 0 Å². The Balaban J connectivity index is 2.58. The van der Waals surface area contributed by atoms with Crippen molar-refractivity contribution in [3.8, 4) is 0 Å². The lowest BCUT2D eigenvalue weighted by Crippen LogP contribution is -1.96. The fourth-order valence-electron chi connectivity index (χ4n) is 2.09. The maximum absolute atomic E-state index is 11.3. The molecule has 1 heterocycles. The van der Waals surface area contributed by atoms with E-state index in [1.807, 2.05) is 38.1 Å². The SMILES string of the molecule is COC(=O)/C=C(\C)c1c(C)[nH]c2ccccc12. The van der Waals surface area contributed by atoms with E-state index < -0.39 is 0 Å². The summed E-state index contributed by atoms with van der Waals surface area (Å²) < 4.78 is 4.65. The zero-order valence-electron chi connectivity index (χ0n) is 10.2. The zero-order valence-corrected chi connectivity index (χ0v) is 10.2. The lowest BCUT2D eigenvalue weighted by atomic mass is 10.0. The van der Waals surface area contributed by atoms with Crippen LogP contribution in [0.25, 0.3) is 16.5 Å². The third-order valence-corrected chi connectivity index (χ3v) is 2.82. The summed E-state index contributed by atoms with van der Waals surface area (Å²) in [6.45, 7) is 3.92. The number of rotatable bonds is 2. The average molecular weight is 229 g/mol. The number of para-hydroxylation sites is 1. The lowest BCUT2D eigenvalue weighted by molar-refractivity contribution is -0.134. The Kier molecular flexibility index (Phi) is 3.00. The van der Waals surface area contributed by atoms with Crippen LogP contribution in [0.5, 0.6) is 0 Å². The van der Waals surface area contributed by atoms with Gasteiger partial charge in [-0.15, -0.1) is 0 Å². The van der Waals surface area contributed by atoms with Gasteiger partial charge in [0, 0.05) is 28.2 Å². The monoisotopic (exact) mass is 229 g/mol. The molecule has 0 fully saturated rings.